The van der Waals surface area contributed by atoms with Crippen LogP contribution in [-0.4, -0.2) is 54.3 Å². The second-order valence-corrected chi connectivity index (χ2v) is 5.36. The fraction of sp³-hybridized carbons (Fsp3) is 0.385. The highest BCUT2D eigenvalue weighted by Crippen LogP contribution is 2.20. The van der Waals surface area contributed by atoms with E-state index in [9.17, 15) is 14.0 Å². The van der Waals surface area contributed by atoms with Gasteiger partial charge in [0.05, 0.1) is 12.1 Å². The molecule has 0 atom stereocenters. The lowest BCUT2D eigenvalue weighted by Crippen LogP contribution is -2.52. The first-order chi connectivity index (χ1) is 9.52. The highest BCUT2D eigenvalue weighted by molar-refractivity contribution is 9.10. The van der Waals surface area contributed by atoms with Crippen molar-refractivity contribution in [2.45, 2.75) is 0 Å². The van der Waals surface area contributed by atoms with E-state index in [1.165, 1.54) is 18.2 Å². The van der Waals surface area contributed by atoms with Crippen LogP contribution in [0.3, 0.4) is 0 Å². The van der Waals surface area contributed by atoms with Crippen LogP contribution in [0.25, 0.3) is 0 Å². The number of hydrogen-bond acceptors (Lipinski definition) is 3. The summed E-state index contributed by atoms with van der Waals surface area (Å²) in [6.07, 6.45) is 0. The minimum Gasteiger partial charge on any atom is -0.338 e. The molecular formula is C13H15BrFN3O2. The Morgan fingerprint density at radius 1 is 1.20 bits per heavy atom. The van der Waals surface area contributed by atoms with Crippen LogP contribution in [-0.2, 0) is 4.79 Å². The van der Waals surface area contributed by atoms with E-state index >= 15 is 0 Å². The number of rotatable bonds is 2. The first kappa shape index (κ1) is 14.9. The van der Waals surface area contributed by atoms with Crippen molar-refractivity contribution in [1.29, 1.82) is 0 Å². The largest absolute Gasteiger partial charge is 0.338 e. The summed E-state index contributed by atoms with van der Waals surface area (Å²) in [5.74, 6) is -0.811. The molecule has 1 aromatic rings. The lowest BCUT2D eigenvalue weighted by atomic mass is 10.1. The quantitative estimate of drug-likeness (QED) is 0.864. The standard InChI is InChI=1S/C13H15BrFN3O2/c14-11-2-1-9(15)7-10(11)13(20)18-5-3-17(4-6-18)12(19)8-16/h1-2,7H,3-6,8,16H2. The van der Waals surface area contributed by atoms with Crippen LogP contribution in [0.2, 0.25) is 0 Å². The highest BCUT2D eigenvalue weighted by atomic mass is 79.9. The minimum absolute atomic E-state index is 0.0244. The molecule has 5 nitrogen and oxygen atoms in total. The van der Waals surface area contributed by atoms with Crippen molar-refractivity contribution in [3.05, 3.63) is 34.1 Å². The zero-order chi connectivity index (χ0) is 14.7. The van der Waals surface area contributed by atoms with E-state index in [2.05, 4.69) is 15.9 Å². The predicted octanol–water partition coefficient (Wildman–Crippen LogP) is 0.831. The summed E-state index contributed by atoms with van der Waals surface area (Å²) >= 11 is 3.25. The number of piperazine rings is 1. The zero-order valence-corrected chi connectivity index (χ0v) is 12.4. The van der Waals surface area contributed by atoms with E-state index in [0.29, 0.717) is 36.2 Å². The highest BCUT2D eigenvalue weighted by Gasteiger charge is 2.25. The van der Waals surface area contributed by atoms with E-state index in [1.54, 1.807) is 9.80 Å². The number of amides is 2. The number of carbonyl (C=O) groups excluding carboxylic acids is 2. The van der Waals surface area contributed by atoms with Gasteiger partial charge < -0.3 is 15.5 Å². The van der Waals surface area contributed by atoms with Gasteiger partial charge in [0.2, 0.25) is 5.91 Å². The van der Waals surface area contributed by atoms with Crippen LogP contribution >= 0.6 is 15.9 Å². The Morgan fingerprint density at radius 2 is 1.80 bits per heavy atom. The molecule has 1 aromatic carbocycles. The van der Waals surface area contributed by atoms with E-state index in [1.807, 2.05) is 0 Å². The van der Waals surface area contributed by atoms with Crippen LogP contribution in [0.1, 0.15) is 10.4 Å². The normalized spacial score (nSPS) is 15.3. The number of carbonyl (C=O) groups is 2. The van der Waals surface area contributed by atoms with Crippen molar-refractivity contribution >= 4 is 27.7 Å². The third kappa shape index (κ3) is 3.16. The molecule has 1 aliphatic rings. The maximum atomic E-state index is 13.2. The Morgan fingerprint density at radius 3 is 2.40 bits per heavy atom. The summed E-state index contributed by atoms with van der Waals surface area (Å²) in [6.45, 7) is 1.73. The second kappa shape index (κ2) is 6.32. The summed E-state index contributed by atoms with van der Waals surface area (Å²) in [5, 5.41) is 0. The van der Waals surface area contributed by atoms with Crippen molar-refractivity contribution in [3.8, 4) is 0 Å². The van der Waals surface area contributed by atoms with Crippen LogP contribution < -0.4 is 5.73 Å². The Bertz CT molecular complexity index is 530. The fourth-order valence-electron chi connectivity index (χ4n) is 2.12. The molecule has 108 valence electrons. The molecule has 0 aliphatic carbocycles. The molecule has 2 N–H and O–H groups in total. The molecule has 20 heavy (non-hydrogen) atoms. The third-order valence-corrected chi connectivity index (χ3v) is 3.94. The molecule has 0 bridgehead atoms. The molecule has 7 heteroatoms. The van der Waals surface area contributed by atoms with Gasteiger partial charge in [-0.2, -0.15) is 0 Å². The summed E-state index contributed by atoms with van der Waals surface area (Å²) in [6, 6.07) is 4.01. The molecule has 1 saturated heterocycles. The number of benzene rings is 1. The Labute approximate surface area is 124 Å². The summed E-state index contributed by atoms with van der Waals surface area (Å²) in [5.41, 5.74) is 5.60. The fourth-order valence-corrected chi connectivity index (χ4v) is 2.54. The van der Waals surface area contributed by atoms with Crippen molar-refractivity contribution in [1.82, 2.24) is 9.80 Å². The maximum absolute atomic E-state index is 13.2. The lowest BCUT2D eigenvalue weighted by Gasteiger charge is -2.34. The van der Waals surface area contributed by atoms with Gasteiger partial charge in [-0.05, 0) is 34.1 Å². The van der Waals surface area contributed by atoms with Crippen LogP contribution in [0.15, 0.2) is 22.7 Å². The topological polar surface area (TPSA) is 66.6 Å². The minimum atomic E-state index is -0.450. The molecule has 0 aromatic heterocycles. The van der Waals surface area contributed by atoms with Crippen molar-refractivity contribution in [2.24, 2.45) is 5.73 Å². The van der Waals surface area contributed by atoms with Crippen molar-refractivity contribution in [3.63, 3.8) is 0 Å². The molecule has 0 radical (unpaired) electrons. The summed E-state index contributed by atoms with van der Waals surface area (Å²) < 4.78 is 13.8. The Hall–Kier alpha value is -1.47. The molecule has 1 fully saturated rings. The number of halogens is 2. The van der Waals surface area contributed by atoms with E-state index in [-0.39, 0.29) is 18.4 Å². The van der Waals surface area contributed by atoms with Crippen molar-refractivity contribution in [2.75, 3.05) is 32.7 Å². The Kier molecular flexibility index (Phi) is 4.72. The molecule has 0 spiro atoms. The van der Waals surface area contributed by atoms with Gasteiger partial charge in [0.25, 0.3) is 5.91 Å². The average Bonchev–Trinajstić information content (AvgIpc) is 2.48. The molecular weight excluding hydrogens is 329 g/mol. The average molecular weight is 344 g/mol. The molecule has 0 unspecified atom stereocenters. The van der Waals surface area contributed by atoms with E-state index in [0.717, 1.165) is 0 Å². The van der Waals surface area contributed by atoms with Crippen molar-refractivity contribution < 1.29 is 14.0 Å². The molecule has 0 saturated carbocycles. The predicted molar refractivity (Wildman–Crippen MR) is 75.6 cm³/mol. The van der Waals surface area contributed by atoms with E-state index in [4.69, 9.17) is 5.73 Å². The van der Waals surface area contributed by atoms with Gasteiger partial charge in [0, 0.05) is 30.7 Å². The summed E-state index contributed by atoms with van der Waals surface area (Å²) in [7, 11) is 0. The Balaban J connectivity index is 2.05. The van der Waals surface area contributed by atoms with Gasteiger partial charge in [-0.25, -0.2) is 4.39 Å². The van der Waals surface area contributed by atoms with Gasteiger partial charge in [-0.1, -0.05) is 0 Å². The first-order valence-electron chi connectivity index (χ1n) is 6.25. The molecule has 1 heterocycles. The second-order valence-electron chi connectivity index (χ2n) is 4.50. The monoisotopic (exact) mass is 343 g/mol. The van der Waals surface area contributed by atoms with Crippen LogP contribution in [0, 0.1) is 5.82 Å². The van der Waals surface area contributed by atoms with Gasteiger partial charge in [-0.3, -0.25) is 9.59 Å². The smallest absolute Gasteiger partial charge is 0.255 e. The lowest BCUT2D eigenvalue weighted by molar-refractivity contribution is -0.131. The molecule has 1 aliphatic heterocycles. The van der Waals surface area contributed by atoms with E-state index < -0.39 is 5.82 Å². The van der Waals surface area contributed by atoms with Crippen LogP contribution in [0.4, 0.5) is 4.39 Å². The zero-order valence-electron chi connectivity index (χ0n) is 10.8. The number of nitrogens with zero attached hydrogens (tertiary/aromatic N) is 2. The summed E-state index contributed by atoms with van der Waals surface area (Å²) in [4.78, 5) is 27.0. The number of hydrogen-bond donors (Lipinski definition) is 1. The van der Waals surface area contributed by atoms with Crippen LogP contribution in [0.5, 0.6) is 0 Å². The maximum Gasteiger partial charge on any atom is 0.255 e. The SMILES string of the molecule is NCC(=O)N1CCN(C(=O)c2cc(F)ccc2Br)CC1. The molecule has 2 rings (SSSR count). The first-order valence-corrected chi connectivity index (χ1v) is 7.04. The van der Waals surface area contributed by atoms with Gasteiger partial charge in [0.15, 0.2) is 0 Å². The van der Waals surface area contributed by atoms with Gasteiger partial charge in [0.1, 0.15) is 5.82 Å². The number of nitrogens with two attached hydrogens (primary N) is 1. The van der Waals surface area contributed by atoms with Gasteiger partial charge >= 0.3 is 0 Å². The third-order valence-electron chi connectivity index (χ3n) is 3.25. The molecule has 2 amide bonds. The van der Waals surface area contributed by atoms with Gasteiger partial charge in [-0.15, -0.1) is 0 Å².